The molecular weight excluding hydrogens is 341 g/mol. The predicted molar refractivity (Wildman–Crippen MR) is 91.6 cm³/mol. The van der Waals surface area contributed by atoms with Gasteiger partial charge in [-0.2, -0.15) is 5.10 Å². The number of aromatic nitrogens is 3. The summed E-state index contributed by atoms with van der Waals surface area (Å²) in [6.07, 6.45) is 4.85. The largest absolute Gasteiger partial charge is 0.374 e. The number of benzene rings is 1. The maximum atomic E-state index is 14.5. The number of thioether (sulfide) groups is 1. The predicted octanol–water partition coefficient (Wildman–Crippen LogP) is 3.39. The molecule has 25 heavy (non-hydrogen) atoms. The number of ether oxygens (including phenoxy) is 1. The minimum absolute atomic E-state index is 0.0578. The Balaban J connectivity index is 1.53. The number of carbonyl (C=O) groups is 1. The molecule has 5 nitrogen and oxygen atoms in total. The SMILES string of the molecule is O=C(Sc1cnn(-c2cc(C3(F)COC3)ccn2)c1)c1ccccc1. The molecule has 4 rings (SSSR count). The molecule has 3 aromatic rings. The van der Waals surface area contributed by atoms with Gasteiger partial charge in [0.25, 0.3) is 0 Å². The van der Waals surface area contributed by atoms with Gasteiger partial charge in [0.2, 0.25) is 5.12 Å². The Hall–Kier alpha value is -2.51. The summed E-state index contributed by atoms with van der Waals surface area (Å²) in [5.41, 5.74) is -0.301. The average Bonchev–Trinajstić information content (AvgIpc) is 3.09. The van der Waals surface area contributed by atoms with Gasteiger partial charge in [-0.15, -0.1) is 0 Å². The van der Waals surface area contributed by atoms with Gasteiger partial charge in [0.15, 0.2) is 11.5 Å². The van der Waals surface area contributed by atoms with Crippen LogP contribution in [0, 0.1) is 0 Å². The first kappa shape index (κ1) is 16.0. The smallest absolute Gasteiger partial charge is 0.224 e. The standard InChI is InChI=1S/C18H14FN3O2S/c19-18(11-24-12-18)14-6-7-20-16(8-14)22-10-15(9-21-22)25-17(23)13-4-2-1-3-5-13/h1-10H,11-12H2. The molecule has 0 spiro atoms. The first-order valence-electron chi connectivity index (χ1n) is 7.70. The van der Waals surface area contributed by atoms with E-state index >= 15 is 0 Å². The van der Waals surface area contributed by atoms with Gasteiger partial charge in [0, 0.05) is 18.0 Å². The van der Waals surface area contributed by atoms with Crippen molar-refractivity contribution in [3.8, 4) is 5.82 Å². The molecule has 0 amide bonds. The van der Waals surface area contributed by atoms with Gasteiger partial charge in [-0.25, -0.2) is 14.1 Å². The van der Waals surface area contributed by atoms with Crippen LogP contribution in [0.4, 0.5) is 4.39 Å². The van der Waals surface area contributed by atoms with Crippen molar-refractivity contribution in [1.29, 1.82) is 0 Å². The molecule has 1 saturated heterocycles. The van der Waals surface area contributed by atoms with Gasteiger partial charge in [-0.05, 0) is 29.5 Å². The van der Waals surface area contributed by atoms with Gasteiger partial charge < -0.3 is 4.74 Å². The summed E-state index contributed by atoms with van der Waals surface area (Å²) in [5, 5.41) is 4.17. The lowest BCUT2D eigenvalue weighted by atomic mass is 9.95. The second kappa shape index (κ2) is 6.42. The van der Waals surface area contributed by atoms with Crippen LogP contribution < -0.4 is 0 Å². The molecule has 0 unspecified atom stereocenters. The number of hydrogen-bond donors (Lipinski definition) is 0. The minimum Gasteiger partial charge on any atom is -0.374 e. The number of rotatable bonds is 4. The monoisotopic (exact) mass is 355 g/mol. The normalized spacial score (nSPS) is 15.6. The van der Waals surface area contributed by atoms with Crippen LogP contribution in [0.25, 0.3) is 5.82 Å². The van der Waals surface area contributed by atoms with Gasteiger partial charge in [0.1, 0.15) is 0 Å². The lowest BCUT2D eigenvalue weighted by Crippen LogP contribution is -2.42. The molecule has 1 aliphatic heterocycles. The maximum absolute atomic E-state index is 14.5. The second-order valence-electron chi connectivity index (χ2n) is 5.74. The quantitative estimate of drug-likeness (QED) is 0.672. The Bertz CT molecular complexity index is 909. The van der Waals surface area contributed by atoms with Crippen LogP contribution in [0.3, 0.4) is 0 Å². The van der Waals surface area contributed by atoms with Crippen molar-refractivity contribution in [2.24, 2.45) is 0 Å². The van der Waals surface area contributed by atoms with E-state index in [-0.39, 0.29) is 18.3 Å². The highest BCUT2D eigenvalue weighted by Gasteiger charge is 2.40. The van der Waals surface area contributed by atoms with Crippen molar-refractivity contribution >= 4 is 16.9 Å². The number of nitrogens with zero attached hydrogens (tertiary/aromatic N) is 3. The zero-order valence-electron chi connectivity index (χ0n) is 13.1. The number of alkyl halides is 1. The Labute approximate surface area is 147 Å². The number of hydrogen-bond acceptors (Lipinski definition) is 5. The molecule has 1 aromatic carbocycles. The summed E-state index contributed by atoms with van der Waals surface area (Å²) >= 11 is 1.09. The van der Waals surface area contributed by atoms with E-state index in [1.807, 2.05) is 18.2 Å². The van der Waals surface area contributed by atoms with Crippen molar-refractivity contribution in [2.75, 3.05) is 13.2 Å². The summed E-state index contributed by atoms with van der Waals surface area (Å²) in [7, 11) is 0. The molecule has 1 fully saturated rings. The Kier molecular flexibility index (Phi) is 4.10. The Morgan fingerprint density at radius 2 is 2.04 bits per heavy atom. The van der Waals surface area contributed by atoms with Crippen LogP contribution in [-0.2, 0) is 10.4 Å². The van der Waals surface area contributed by atoms with E-state index in [0.717, 1.165) is 11.8 Å². The summed E-state index contributed by atoms with van der Waals surface area (Å²) in [6.45, 7) is 0.116. The third-order valence-corrected chi connectivity index (χ3v) is 4.81. The fourth-order valence-electron chi connectivity index (χ4n) is 2.49. The van der Waals surface area contributed by atoms with Crippen LogP contribution in [-0.4, -0.2) is 33.1 Å². The van der Waals surface area contributed by atoms with E-state index in [2.05, 4.69) is 10.1 Å². The van der Waals surface area contributed by atoms with Crippen LogP contribution >= 0.6 is 11.8 Å². The molecular formula is C18H14FN3O2S. The van der Waals surface area contributed by atoms with Crippen LogP contribution in [0.15, 0.2) is 66.0 Å². The summed E-state index contributed by atoms with van der Waals surface area (Å²) in [4.78, 5) is 17.2. The molecule has 2 aromatic heterocycles. The zero-order chi connectivity index (χ0) is 17.3. The molecule has 0 N–H and O–H groups in total. The molecule has 7 heteroatoms. The van der Waals surface area contributed by atoms with E-state index in [1.165, 1.54) is 4.68 Å². The maximum Gasteiger partial charge on any atom is 0.224 e. The molecule has 1 aliphatic rings. The number of pyridine rings is 1. The van der Waals surface area contributed by atoms with Crippen molar-refractivity contribution in [1.82, 2.24) is 14.8 Å². The Morgan fingerprint density at radius 3 is 2.76 bits per heavy atom. The lowest BCUT2D eigenvalue weighted by Gasteiger charge is -2.34. The third kappa shape index (κ3) is 3.20. The van der Waals surface area contributed by atoms with Gasteiger partial charge >= 0.3 is 0 Å². The molecule has 126 valence electrons. The molecule has 3 heterocycles. The summed E-state index contributed by atoms with van der Waals surface area (Å²) in [5.74, 6) is 0.500. The van der Waals surface area contributed by atoms with E-state index in [4.69, 9.17) is 4.74 Å². The fourth-order valence-corrected chi connectivity index (χ4v) is 3.22. The molecule has 0 radical (unpaired) electrons. The third-order valence-electron chi connectivity index (χ3n) is 3.94. The minimum atomic E-state index is -1.45. The van der Waals surface area contributed by atoms with Crippen LogP contribution in [0.1, 0.15) is 15.9 Å². The van der Waals surface area contributed by atoms with Crippen LogP contribution in [0.2, 0.25) is 0 Å². The average molecular weight is 355 g/mol. The first-order valence-corrected chi connectivity index (χ1v) is 8.51. The van der Waals surface area contributed by atoms with Crippen molar-refractivity contribution in [3.05, 3.63) is 72.2 Å². The molecule has 0 saturated carbocycles. The fraction of sp³-hybridized carbons (Fsp3) is 0.167. The second-order valence-corrected chi connectivity index (χ2v) is 6.78. The number of carbonyl (C=O) groups excluding carboxylic acids is 1. The molecule has 0 aliphatic carbocycles. The van der Waals surface area contributed by atoms with Crippen molar-refractivity contribution in [3.63, 3.8) is 0 Å². The van der Waals surface area contributed by atoms with E-state index in [0.29, 0.717) is 21.8 Å². The summed E-state index contributed by atoms with van der Waals surface area (Å²) in [6, 6.07) is 12.3. The zero-order valence-corrected chi connectivity index (χ0v) is 13.9. The van der Waals surface area contributed by atoms with Gasteiger partial charge in [-0.1, -0.05) is 30.3 Å². The Morgan fingerprint density at radius 1 is 1.24 bits per heavy atom. The van der Waals surface area contributed by atoms with Crippen molar-refractivity contribution in [2.45, 2.75) is 10.6 Å². The first-order chi connectivity index (χ1) is 12.1. The van der Waals surface area contributed by atoms with E-state index in [1.54, 1.807) is 42.9 Å². The highest BCUT2D eigenvalue weighted by Crippen LogP contribution is 2.34. The summed E-state index contributed by atoms with van der Waals surface area (Å²) < 4.78 is 21.0. The van der Waals surface area contributed by atoms with Crippen LogP contribution in [0.5, 0.6) is 0 Å². The highest BCUT2D eigenvalue weighted by molar-refractivity contribution is 8.14. The molecule has 0 bridgehead atoms. The highest BCUT2D eigenvalue weighted by atomic mass is 32.2. The van der Waals surface area contributed by atoms with Gasteiger partial charge in [-0.3, -0.25) is 4.79 Å². The van der Waals surface area contributed by atoms with E-state index in [9.17, 15) is 9.18 Å². The number of halogens is 1. The van der Waals surface area contributed by atoms with E-state index < -0.39 is 5.67 Å². The van der Waals surface area contributed by atoms with Crippen molar-refractivity contribution < 1.29 is 13.9 Å². The van der Waals surface area contributed by atoms with Gasteiger partial charge in [0.05, 0.1) is 24.3 Å². The molecule has 0 atom stereocenters. The topological polar surface area (TPSA) is 57.0 Å². The lowest BCUT2D eigenvalue weighted by molar-refractivity contribution is -0.135.